The Morgan fingerprint density at radius 2 is 2.06 bits per heavy atom. The zero-order valence-corrected chi connectivity index (χ0v) is 12.7. The quantitative estimate of drug-likeness (QED) is 0.640. The van der Waals surface area contributed by atoms with Crippen LogP contribution in [0.2, 0.25) is 0 Å². The van der Waals surface area contributed by atoms with Gasteiger partial charge < -0.3 is 10.2 Å². The minimum absolute atomic E-state index is 0.718. The van der Waals surface area contributed by atoms with Crippen LogP contribution in [0.1, 0.15) is 39.0 Å². The predicted octanol–water partition coefficient (Wildman–Crippen LogP) is 2.84. The molecule has 0 aliphatic heterocycles. The van der Waals surface area contributed by atoms with Crippen molar-refractivity contribution in [2.24, 2.45) is 5.92 Å². The van der Waals surface area contributed by atoms with Gasteiger partial charge in [-0.25, -0.2) is 0 Å². The van der Waals surface area contributed by atoms with E-state index in [1.807, 2.05) is 11.8 Å². The molecule has 0 aromatic carbocycles. The van der Waals surface area contributed by atoms with Crippen molar-refractivity contribution in [2.75, 3.05) is 38.7 Å². The topological polar surface area (TPSA) is 15.3 Å². The minimum atomic E-state index is 0.718. The molecular formula is C14H30N2S. The lowest BCUT2D eigenvalue weighted by Gasteiger charge is -2.24. The van der Waals surface area contributed by atoms with Crippen LogP contribution in [0.5, 0.6) is 0 Å². The molecule has 3 heteroatoms. The molecule has 0 aromatic rings. The first kappa shape index (κ1) is 15.3. The molecule has 102 valence electrons. The van der Waals surface area contributed by atoms with Crippen molar-refractivity contribution < 1.29 is 0 Å². The van der Waals surface area contributed by atoms with Crippen molar-refractivity contribution >= 4 is 11.8 Å². The van der Waals surface area contributed by atoms with Gasteiger partial charge in [-0.2, -0.15) is 11.8 Å². The van der Waals surface area contributed by atoms with Gasteiger partial charge in [0.25, 0.3) is 0 Å². The van der Waals surface area contributed by atoms with Gasteiger partial charge in [-0.3, -0.25) is 0 Å². The van der Waals surface area contributed by atoms with Crippen molar-refractivity contribution in [3.8, 4) is 0 Å². The van der Waals surface area contributed by atoms with Crippen LogP contribution in [-0.2, 0) is 0 Å². The average molecular weight is 258 g/mol. The fraction of sp³-hybridized carbons (Fsp3) is 1.00. The van der Waals surface area contributed by atoms with E-state index in [0.717, 1.165) is 18.5 Å². The van der Waals surface area contributed by atoms with Crippen molar-refractivity contribution in [3.63, 3.8) is 0 Å². The summed E-state index contributed by atoms with van der Waals surface area (Å²) in [6, 6.07) is 0.718. The lowest BCUT2D eigenvalue weighted by atomic mass is 10.1. The Labute approximate surface area is 112 Å². The minimum Gasteiger partial charge on any atom is -0.315 e. The molecular weight excluding hydrogens is 228 g/mol. The number of hydrogen-bond donors (Lipinski definition) is 1. The highest BCUT2D eigenvalue weighted by atomic mass is 32.2. The van der Waals surface area contributed by atoms with Crippen molar-refractivity contribution in [3.05, 3.63) is 0 Å². The van der Waals surface area contributed by atoms with Gasteiger partial charge >= 0.3 is 0 Å². The second-order valence-electron chi connectivity index (χ2n) is 5.47. The number of likely N-dealkylation sites (N-methyl/N-ethyl adjacent to an activating group) is 1. The molecule has 0 radical (unpaired) electrons. The molecule has 0 heterocycles. The maximum atomic E-state index is 3.62. The average Bonchev–Trinajstić information content (AvgIpc) is 2.84. The summed E-state index contributed by atoms with van der Waals surface area (Å²) >= 11 is 1.95. The third kappa shape index (κ3) is 6.68. The van der Waals surface area contributed by atoms with Crippen molar-refractivity contribution in [1.29, 1.82) is 0 Å². The molecule has 2 nitrogen and oxygen atoms in total. The number of thioether (sulfide) groups is 1. The SMILES string of the molecule is CSCCC(C)N(C)CCNCC1CCCC1. The van der Waals surface area contributed by atoms with Gasteiger partial charge in [0, 0.05) is 19.1 Å². The van der Waals surface area contributed by atoms with Crippen LogP contribution in [0.25, 0.3) is 0 Å². The zero-order valence-electron chi connectivity index (χ0n) is 11.9. The fourth-order valence-corrected chi connectivity index (χ4v) is 3.08. The fourth-order valence-electron chi connectivity index (χ4n) is 2.51. The van der Waals surface area contributed by atoms with Gasteiger partial charge in [0.15, 0.2) is 0 Å². The van der Waals surface area contributed by atoms with E-state index in [9.17, 15) is 0 Å². The van der Waals surface area contributed by atoms with E-state index in [1.165, 1.54) is 50.9 Å². The van der Waals surface area contributed by atoms with Crippen LogP contribution >= 0.6 is 11.8 Å². The van der Waals surface area contributed by atoms with Gasteiger partial charge in [0.1, 0.15) is 0 Å². The number of hydrogen-bond acceptors (Lipinski definition) is 3. The number of nitrogens with one attached hydrogen (secondary N) is 1. The van der Waals surface area contributed by atoms with E-state index in [-0.39, 0.29) is 0 Å². The zero-order chi connectivity index (χ0) is 12.5. The van der Waals surface area contributed by atoms with E-state index in [2.05, 4.69) is 30.4 Å². The summed E-state index contributed by atoms with van der Waals surface area (Å²) in [6.45, 7) is 5.92. The molecule has 1 unspecified atom stereocenters. The van der Waals surface area contributed by atoms with Gasteiger partial charge in [-0.1, -0.05) is 12.8 Å². The Morgan fingerprint density at radius 1 is 1.35 bits per heavy atom. The Hall–Kier alpha value is 0.270. The smallest absolute Gasteiger partial charge is 0.0107 e. The molecule has 0 saturated heterocycles. The molecule has 0 bridgehead atoms. The Morgan fingerprint density at radius 3 is 2.71 bits per heavy atom. The Bertz CT molecular complexity index is 181. The summed E-state index contributed by atoms with van der Waals surface area (Å²) in [6.07, 6.45) is 9.31. The summed E-state index contributed by atoms with van der Waals surface area (Å²) in [7, 11) is 2.25. The van der Waals surface area contributed by atoms with E-state index >= 15 is 0 Å². The summed E-state index contributed by atoms with van der Waals surface area (Å²) < 4.78 is 0. The standard InChI is InChI=1S/C14H30N2S/c1-13(8-11-17-3)16(2)10-9-15-12-14-6-4-5-7-14/h13-15H,4-12H2,1-3H3. The Balaban J connectivity index is 1.96. The second kappa shape index (κ2) is 9.23. The van der Waals surface area contributed by atoms with Crippen molar-refractivity contribution in [2.45, 2.75) is 45.1 Å². The summed E-state index contributed by atoms with van der Waals surface area (Å²) in [5, 5.41) is 3.62. The molecule has 1 atom stereocenters. The van der Waals surface area contributed by atoms with Crippen LogP contribution < -0.4 is 5.32 Å². The Kier molecular flexibility index (Phi) is 8.33. The molecule has 1 aliphatic rings. The second-order valence-corrected chi connectivity index (χ2v) is 6.45. The molecule has 1 aliphatic carbocycles. The van der Waals surface area contributed by atoms with E-state index in [0.29, 0.717) is 0 Å². The largest absolute Gasteiger partial charge is 0.315 e. The molecule has 17 heavy (non-hydrogen) atoms. The van der Waals surface area contributed by atoms with Crippen LogP contribution in [0, 0.1) is 5.92 Å². The first-order chi connectivity index (χ1) is 8.24. The molecule has 1 saturated carbocycles. The van der Waals surface area contributed by atoms with Gasteiger partial charge in [0.2, 0.25) is 0 Å². The van der Waals surface area contributed by atoms with Crippen LogP contribution in [-0.4, -0.2) is 49.6 Å². The number of nitrogens with zero attached hydrogens (tertiary/aromatic N) is 1. The third-order valence-corrected chi connectivity index (χ3v) is 4.69. The highest BCUT2D eigenvalue weighted by molar-refractivity contribution is 7.98. The highest BCUT2D eigenvalue weighted by Crippen LogP contribution is 2.23. The monoisotopic (exact) mass is 258 g/mol. The highest BCUT2D eigenvalue weighted by Gasteiger charge is 2.14. The molecule has 1 fully saturated rings. The molecule has 0 spiro atoms. The summed E-state index contributed by atoms with van der Waals surface area (Å²) in [5.41, 5.74) is 0. The molecule has 1 rings (SSSR count). The van der Waals surface area contributed by atoms with Crippen LogP contribution in [0.4, 0.5) is 0 Å². The van der Waals surface area contributed by atoms with E-state index < -0.39 is 0 Å². The molecule has 0 amide bonds. The van der Waals surface area contributed by atoms with Gasteiger partial charge in [-0.15, -0.1) is 0 Å². The first-order valence-corrected chi connectivity index (χ1v) is 8.53. The van der Waals surface area contributed by atoms with Gasteiger partial charge in [0.05, 0.1) is 0 Å². The number of rotatable bonds is 9. The van der Waals surface area contributed by atoms with E-state index in [1.54, 1.807) is 0 Å². The van der Waals surface area contributed by atoms with Crippen LogP contribution in [0.3, 0.4) is 0 Å². The third-order valence-electron chi connectivity index (χ3n) is 4.04. The molecule has 1 N–H and O–H groups in total. The molecule has 0 aromatic heterocycles. The van der Waals surface area contributed by atoms with Gasteiger partial charge in [-0.05, 0) is 57.7 Å². The van der Waals surface area contributed by atoms with Crippen LogP contribution in [0.15, 0.2) is 0 Å². The lowest BCUT2D eigenvalue weighted by Crippen LogP contribution is -2.36. The first-order valence-electron chi connectivity index (χ1n) is 7.14. The maximum absolute atomic E-state index is 3.62. The summed E-state index contributed by atoms with van der Waals surface area (Å²) in [5.74, 6) is 2.25. The van der Waals surface area contributed by atoms with E-state index in [4.69, 9.17) is 0 Å². The lowest BCUT2D eigenvalue weighted by molar-refractivity contribution is 0.251. The van der Waals surface area contributed by atoms with Crippen molar-refractivity contribution in [1.82, 2.24) is 10.2 Å². The summed E-state index contributed by atoms with van der Waals surface area (Å²) in [4.78, 5) is 2.48. The predicted molar refractivity (Wildman–Crippen MR) is 79.9 cm³/mol. The normalized spacial score (nSPS) is 19.1. The maximum Gasteiger partial charge on any atom is 0.0107 e.